The van der Waals surface area contributed by atoms with E-state index in [-0.39, 0.29) is 5.92 Å². The van der Waals surface area contributed by atoms with Crippen LogP contribution in [0.2, 0.25) is 0 Å². The van der Waals surface area contributed by atoms with Gasteiger partial charge in [0.15, 0.2) is 0 Å². The number of hydrogen-bond acceptors (Lipinski definition) is 2. The molecule has 2 nitrogen and oxygen atoms in total. The summed E-state index contributed by atoms with van der Waals surface area (Å²) >= 11 is 0. The van der Waals surface area contributed by atoms with Crippen LogP contribution in [0.25, 0.3) is 0 Å². The SMILES string of the molecule is CCC(C#N)c1[c]nccc1. The van der Waals surface area contributed by atoms with Crippen molar-refractivity contribution in [1.82, 2.24) is 4.98 Å². The van der Waals surface area contributed by atoms with Gasteiger partial charge in [0.1, 0.15) is 0 Å². The average molecular weight is 145 g/mol. The molecule has 1 aromatic heterocycles. The van der Waals surface area contributed by atoms with Gasteiger partial charge in [-0.2, -0.15) is 5.26 Å². The van der Waals surface area contributed by atoms with E-state index in [1.54, 1.807) is 6.20 Å². The second-order valence-electron chi connectivity index (χ2n) is 2.29. The van der Waals surface area contributed by atoms with Crippen molar-refractivity contribution in [2.24, 2.45) is 0 Å². The number of nitrogens with zero attached hydrogens (tertiary/aromatic N) is 2. The first-order valence-corrected chi connectivity index (χ1v) is 3.60. The summed E-state index contributed by atoms with van der Waals surface area (Å²) in [4.78, 5) is 3.83. The van der Waals surface area contributed by atoms with Crippen LogP contribution in [0.3, 0.4) is 0 Å². The Bertz CT molecular complexity index is 248. The molecule has 0 saturated carbocycles. The maximum Gasteiger partial charge on any atom is 0.0934 e. The van der Waals surface area contributed by atoms with Gasteiger partial charge in [-0.3, -0.25) is 4.98 Å². The molecule has 0 aliphatic rings. The summed E-state index contributed by atoms with van der Waals surface area (Å²) in [6.07, 6.45) is 5.28. The molecule has 1 aromatic rings. The topological polar surface area (TPSA) is 36.7 Å². The van der Waals surface area contributed by atoms with Crippen LogP contribution >= 0.6 is 0 Å². The quantitative estimate of drug-likeness (QED) is 0.637. The lowest BCUT2D eigenvalue weighted by molar-refractivity contribution is 0.811. The molecule has 11 heavy (non-hydrogen) atoms. The molecule has 1 unspecified atom stereocenters. The van der Waals surface area contributed by atoms with Crippen LogP contribution in [0.1, 0.15) is 24.8 Å². The minimum absolute atomic E-state index is 0.0521. The summed E-state index contributed by atoms with van der Waals surface area (Å²) in [5.41, 5.74) is 0.887. The summed E-state index contributed by atoms with van der Waals surface area (Å²) in [6.45, 7) is 1.98. The molecule has 1 atom stereocenters. The first-order valence-electron chi connectivity index (χ1n) is 3.60. The summed E-state index contributed by atoms with van der Waals surface area (Å²) < 4.78 is 0. The summed E-state index contributed by atoms with van der Waals surface area (Å²) in [7, 11) is 0. The molecular formula is C9H9N2. The van der Waals surface area contributed by atoms with Crippen molar-refractivity contribution in [3.8, 4) is 6.07 Å². The van der Waals surface area contributed by atoms with Crippen LogP contribution in [0, 0.1) is 17.5 Å². The standard InChI is InChI=1S/C9H9N2/c1-2-8(6-10)9-4-3-5-11-7-9/h3-5,8H,2H2,1H3. The first-order chi connectivity index (χ1) is 5.38. The van der Waals surface area contributed by atoms with E-state index in [4.69, 9.17) is 5.26 Å². The van der Waals surface area contributed by atoms with Crippen molar-refractivity contribution in [2.75, 3.05) is 0 Å². The van der Waals surface area contributed by atoms with E-state index in [1.807, 2.05) is 19.1 Å². The Balaban J connectivity index is 2.85. The van der Waals surface area contributed by atoms with Crippen molar-refractivity contribution >= 4 is 0 Å². The maximum absolute atomic E-state index is 8.68. The lowest BCUT2D eigenvalue weighted by Gasteiger charge is -2.02. The Morgan fingerprint density at radius 1 is 1.82 bits per heavy atom. The van der Waals surface area contributed by atoms with Gasteiger partial charge in [-0.05, 0) is 18.1 Å². The van der Waals surface area contributed by atoms with Gasteiger partial charge in [-0.15, -0.1) is 0 Å². The second-order valence-corrected chi connectivity index (χ2v) is 2.29. The lowest BCUT2D eigenvalue weighted by atomic mass is 10.0. The van der Waals surface area contributed by atoms with Gasteiger partial charge in [0.05, 0.1) is 18.2 Å². The Morgan fingerprint density at radius 3 is 3.09 bits per heavy atom. The third-order valence-corrected chi connectivity index (χ3v) is 1.57. The summed E-state index contributed by atoms with van der Waals surface area (Å²) in [5.74, 6) is -0.0521. The average Bonchev–Trinajstić information content (AvgIpc) is 2.09. The summed E-state index contributed by atoms with van der Waals surface area (Å²) in [5, 5.41) is 8.68. The van der Waals surface area contributed by atoms with Crippen LogP contribution in [-0.2, 0) is 0 Å². The van der Waals surface area contributed by atoms with Crippen LogP contribution in [0.4, 0.5) is 0 Å². The zero-order chi connectivity index (χ0) is 8.10. The molecule has 55 valence electrons. The first kappa shape index (κ1) is 7.74. The molecular weight excluding hydrogens is 136 g/mol. The van der Waals surface area contributed by atoms with E-state index in [0.29, 0.717) is 0 Å². The minimum atomic E-state index is -0.0521. The lowest BCUT2D eigenvalue weighted by Crippen LogP contribution is -1.93. The van der Waals surface area contributed by atoms with E-state index >= 15 is 0 Å². The van der Waals surface area contributed by atoms with Gasteiger partial charge in [-0.1, -0.05) is 13.0 Å². The van der Waals surface area contributed by atoms with E-state index in [0.717, 1.165) is 12.0 Å². The molecule has 0 aromatic carbocycles. The third-order valence-electron chi connectivity index (χ3n) is 1.57. The number of pyridine rings is 1. The molecule has 1 rings (SSSR count). The highest BCUT2D eigenvalue weighted by molar-refractivity contribution is 5.19. The fourth-order valence-corrected chi connectivity index (χ4v) is 0.914. The van der Waals surface area contributed by atoms with Crippen LogP contribution in [-0.4, -0.2) is 4.98 Å². The fourth-order valence-electron chi connectivity index (χ4n) is 0.914. The molecule has 1 radical (unpaired) electrons. The number of rotatable bonds is 2. The minimum Gasteiger partial charge on any atom is -0.254 e. The molecule has 0 saturated heterocycles. The van der Waals surface area contributed by atoms with Crippen LogP contribution in [0.15, 0.2) is 18.3 Å². The molecule has 2 heteroatoms. The van der Waals surface area contributed by atoms with Crippen molar-refractivity contribution in [3.05, 3.63) is 30.1 Å². The van der Waals surface area contributed by atoms with Gasteiger partial charge in [0.2, 0.25) is 0 Å². The monoisotopic (exact) mass is 145 g/mol. The van der Waals surface area contributed by atoms with Crippen molar-refractivity contribution < 1.29 is 0 Å². The molecule has 0 fully saturated rings. The second kappa shape index (κ2) is 3.72. The van der Waals surface area contributed by atoms with E-state index in [1.165, 1.54) is 0 Å². The maximum atomic E-state index is 8.68. The highest BCUT2D eigenvalue weighted by atomic mass is 14.6. The predicted molar refractivity (Wildman–Crippen MR) is 41.7 cm³/mol. The third kappa shape index (κ3) is 1.78. The number of nitriles is 1. The van der Waals surface area contributed by atoms with Crippen molar-refractivity contribution in [2.45, 2.75) is 19.3 Å². The van der Waals surface area contributed by atoms with Crippen molar-refractivity contribution in [3.63, 3.8) is 0 Å². The summed E-state index contributed by atoms with van der Waals surface area (Å²) in [6, 6.07) is 5.90. The number of aromatic nitrogens is 1. The zero-order valence-corrected chi connectivity index (χ0v) is 6.41. The Morgan fingerprint density at radius 2 is 2.64 bits per heavy atom. The fraction of sp³-hybridized carbons (Fsp3) is 0.333. The molecule has 1 heterocycles. The highest BCUT2D eigenvalue weighted by Crippen LogP contribution is 2.15. The van der Waals surface area contributed by atoms with Gasteiger partial charge in [0.25, 0.3) is 0 Å². The molecule has 0 spiro atoms. The Kier molecular flexibility index (Phi) is 2.62. The van der Waals surface area contributed by atoms with E-state index in [2.05, 4.69) is 17.3 Å². The molecule has 0 bridgehead atoms. The molecule has 0 aliphatic heterocycles. The Labute approximate surface area is 66.5 Å². The highest BCUT2D eigenvalue weighted by Gasteiger charge is 2.06. The van der Waals surface area contributed by atoms with Crippen LogP contribution < -0.4 is 0 Å². The molecule has 0 N–H and O–H groups in total. The smallest absolute Gasteiger partial charge is 0.0934 e. The molecule has 0 aliphatic carbocycles. The predicted octanol–water partition coefficient (Wildman–Crippen LogP) is 1.90. The molecule has 0 amide bonds. The largest absolute Gasteiger partial charge is 0.254 e. The Hall–Kier alpha value is -1.36. The zero-order valence-electron chi connectivity index (χ0n) is 6.41. The van der Waals surface area contributed by atoms with Gasteiger partial charge >= 0.3 is 0 Å². The van der Waals surface area contributed by atoms with Gasteiger partial charge in [0, 0.05) is 6.20 Å². The number of hydrogen-bond donors (Lipinski definition) is 0. The van der Waals surface area contributed by atoms with E-state index < -0.39 is 0 Å². The van der Waals surface area contributed by atoms with Gasteiger partial charge in [-0.25, -0.2) is 0 Å². The normalized spacial score (nSPS) is 12.0. The van der Waals surface area contributed by atoms with Crippen LogP contribution in [0.5, 0.6) is 0 Å². The van der Waals surface area contributed by atoms with Gasteiger partial charge < -0.3 is 0 Å². The van der Waals surface area contributed by atoms with Crippen molar-refractivity contribution in [1.29, 1.82) is 5.26 Å². The van der Waals surface area contributed by atoms with E-state index in [9.17, 15) is 0 Å².